The second-order valence-electron chi connectivity index (χ2n) is 9.56. The number of hydrogen-bond donors (Lipinski definition) is 0. The SMILES string of the molecule is Cc1cc(OC[C@]2(CC(=O)N(C)Cc3ccccc3)CN(C(=O)COc3ccccc3)CCO2)ccc1Cl. The maximum absolute atomic E-state index is 13.4. The van der Waals surface area contributed by atoms with Gasteiger partial charge in [-0.05, 0) is 48.4 Å². The molecule has 2 amide bonds. The fraction of sp³-hybridized carbons (Fsp3) is 0.333. The fourth-order valence-corrected chi connectivity index (χ4v) is 4.45. The van der Waals surface area contributed by atoms with Crippen molar-refractivity contribution in [1.82, 2.24) is 9.80 Å². The maximum atomic E-state index is 13.4. The number of morpholine rings is 1. The molecule has 0 spiro atoms. The van der Waals surface area contributed by atoms with E-state index in [0.29, 0.717) is 29.6 Å². The molecule has 4 rings (SSSR count). The lowest BCUT2D eigenvalue weighted by molar-refractivity contribution is -0.166. The highest BCUT2D eigenvalue weighted by atomic mass is 35.5. The molecule has 0 unspecified atom stereocenters. The minimum Gasteiger partial charge on any atom is -0.490 e. The lowest BCUT2D eigenvalue weighted by Crippen LogP contribution is -2.58. The largest absolute Gasteiger partial charge is 0.490 e. The summed E-state index contributed by atoms with van der Waals surface area (Å²) in [5.74, 6) is 0.976. The van der Waals surface area contributed by atoms with Gasteiger partial charge >= 0.3 is 0 Å². The van der Waals surface area contributed by atoms with Crippen LogP contribution < -0.4 is 9.47 Å². The zero-order valence-electron chi connectivity index (χ0n) is 21.8. The van der Waals surface area contributed by atoms with Gasteiger partial charge in [0.25, 0.3) is 5.91 Å². The van der Waals surface area contributed by atoms with E-state index in [1.165, 1.54) is 0 Å². The summed E-state index contributed by atoms with van der Waals surface area (Å²) in [6.07, 6.45) is 0.0617. The van der Waals surface area contributed by atoms with E-state index in [0.717, 1.165) is 11.1 Å². The Morgan fingerprint density at radius 2 is 1.71 bits per heavy atom. The van der Waals surface area contributed by atoms with Crippen LogP contribution in [-0.2, 0) is 20.9 Å². The monoisotopic (exact) mass is 536 g/mol. The predicted molar refractivity (Wildman–Crippen MR) is 146 cm³/mol. The Bertz CT molecular complexity index is 1220. The summed E-state index contributed by atoms with van der Waals surface area (Å²) in [5.41, 5.74) is 0.900. The summed E-state index contributed by atoms with van der Waals surface area (Å²) in [6, 6.07) is 24.4. The second-order valence-corrected chi connectivity index (χ2v) is 9.97. The molecule has 1 heterocycles. The number of para-hydroxylation sites is 1. The molecule has 38 heavy (non-hydrogen) atoms. The van der Waals surface area contributed by atoms with Gasteiger partial charge in [-0.15, -0.1) is 0 Å². The van der Waals surface area contributed by atoms with E-state index in [2.05, 4.69) is 0 Å². The third-order valence-electron chi connectivity index (χ3n) is 6.50. The number of halogens is 1. The molecular formula is C30H33ClN2O5. The molecule has 8 heteroatoms. The van der Waals surface area contributed by atoms with E-state index in [1.807, 2.05) is 61.5 Å². The number of carbonyl (C=O) groups is 2. The van der Waals surface area contributed by atoms with Crippen molar-refractivity contribution in [3.63, 3.8) is 0 Å². The van der Waals surface area contributed by atoms with Crippen LogP contribution in [0.4, 0.5) is 0 Å². The van der Waals surface area contributed by atoms with Crippen molar-refractivity contribution in [3.8, 4) is 11.5 Å². The van der Waals surface area contributed by atoms with Gasteiger partial charge in [0.15, 0.2) is 6.61 Å². The van der Waals surface area contributed by atoms with Crippen LogP contribution in [0.1, 0.15) is 17.5 Å². The van der Waals surface area contributed by atoms with Crippen molar-refractivity contribution in [2.75, 3.05) is 40.0 Å². The number of ether oxygens (including phenoxy) is 3. The first-order valence-electron chi connectivity index (χ1n) is 12.6. The van der Waals surface area contributed by atoms with Crippen LogP contribution in [-0.4, -0.2) is 67.2 Å². The zero-order valence-corrected chi connectivity index (χ0v) is 22.5. The molecule has 1 saturated heterocycles. The van der Waals surface area contributed by atoms with Crippen molar-refractivity contribution >= 4 is 23.4 Å². The normalized spacial score (nSPS) is 17.1. The molecular weight excluding hydrogens is 504 g/mol. The van der Waals surface area contributed by atoms with Gasteiger partial charge in [-0.25, -0.2) is 0 Å². The number of rotatable bonds is 10. The third kappa shape index (κ3) is 7.49. The lowest BCUT2D eigenvalue weighted by atomic mass is 9.96. The molecule has 1 atom stereocenters. The standard InChI is InChI=1S/C30H33ClN2O5/c1-23-17-26(13-14-27(23)31)37-22-30(18-28(34)32(2)19-24-9-5-3-6-10-24)21-33(15-16-38-30)29(35)20-36-25-11-7-4-8-12-25/h3-14,17H,15-16,18-22H2,1-2H3/t30-/m0/s1. The fourth-order valence-electron chi connectivity index (χ4n) is 4.33. The minimum absolute atomic E-state index is 0.0617. The van der Waals surface area contributed by atoms with Crippen LogP contribution in [0, 0.1) is 6.92 Å². The van der Waals surface area contributed by atoms with Gasteiger partial charge in [-0.1, -0.05) is 60.1 Å². The third-order valence-corrected chi connectivity index (χ3v) is 6.92. The van der Waals surface area contributed by atoms with Crippen LogP contribution in [0.15, 0.2) is 78.9 Å². The topological polar surface area (TPSA) is 68.3 Å². The van der Waals surface area contributed by atoms with Crippen molar-refractivity contribution < 1.29 is 23.8 Å². The highest BCUT2D eigenvalue weighted by molar-refractivity contribution is 6.31. The van der Waals surface area contributed by atoms with Crippen molar-refractivity contribution in [3.05, 3.63) is 95.0 Å². The van der Waals surface area contributed by atoms with E-state index < -0.39 is 5.60 Å². The van der Waals surface area contributed by atoms with Crippen LogP contribution in [0.25, 0.3) is 0 Å². The Kier molecular flexibility index (Phi) is 9.26. The Balaban J connectivity index is 1.47. The summed E-state index contributed by atoms with van der Waals surface area (Å²) in [5, 5.41) is 0.647. The van der Waals surface area contributed by atoms with Crippen molar-refractivity contribution in [2.24, 2.45) is 0 Å². The molecule has 200 valence electrons. The van der Waals surface area contributed by atoms with E-state index in [-0.39, 0.29) is 44.6 Å². The Morgan fingerprint density at radius 1 is 1.00 bits per heavy atom. The maximum Gasteiger partial charge on any atom is 0.260 e. The van der Waals surface area contributed by atoms with Gasteiger partial charge in [0.2, 0.25) is 5.91 Å². The first-order chi connectivity index (χ1) is 18.3. The second kappa shape index (κ2) is 12.8. The number of aryl methyl sites for hydroxylation is 1. The first kappa shape index (κ1) is 27.5. The molecule has 0 aromatic heterocycles. The molecule has 0 aliphatic carbocycles. The Hall–Kier alpha value is -3.55. The number of benzene rings is 3. The van der Waals surface area contributed by atoms with E-state index in [9.17, 15) is 9.59 Å². The minimum atomic E-state index is -1.02. The van der Waals surface area contributed by atoms with E-state index in [1.54, 1.807) is 41.1 Å². The van der Waals surface area contributed by atoms with Gasteiger partial charge in [0, 0.05) is 25.2 Å². The van der Waals surface area contributed by atoms with Gasteiger partial charge < -0.3 is 24.0 Å². The van der Waals surface area contributed by atoms with Gasteiger partial charge in [0.05, 0.1) is 19.6 Å². The predicted octanol–water partition coefficient (Wildman–Crippen LogP) is 4.75. The molecule has 0 bridgehead atoms. The van der Waals surface area contributed by atoms with Crippen LogP contribution in [0.5, 0.6) is 11.5 Å². The molecule has 0 saturated carbocycles. The molecule has 3 aromatic carbocycles. The average Bonchev–Trinajstić information content (AvgIpc) is 2.93. The van der Waals surface area contributed by atoms with Crippen molar-refractivity contribution in [2.45, 2.75) is 25.5 Å². The van der Waals surface area contributed by atoms with Crippen LogP contribution in [0.2, 0.25) is 5.02 Å². The molecule has 3 aromatic rings. The van der Waals surface area contributed by atoms with Crippen LogP contribution >= 0.6 is 11.6 Å². The molecule has 1 aliphatic heterocycles. The zero-order chi connectivity index (χ0) is 27.0. The molecule has 1 fully saturated rings. The summed E-state index contributed by atoms with van der Waals surface area (Å²) in [6.45, 7) is 3.28. The highest BCUT2D eigenvalue weighted by Gasteiger charge is 2.42. The average molecular weight is 537 g/mol. The Labute approximate surface area is 228 Å². The number of carbonyl (C=O) groups excluding carboxylic acids is 2. The molecule has 1 aliphatic rings. The van der Waals surface area contributed by atoms with Gasteiger partial charge in [-0.2, -0.15) is 0 Å². The first-order valence-corrected chi connectivity index (χ1v) is 13.0. The van der Waals surface area contributed by atoms with E-state index in [4.69, 9.17) is 25.8 Å². The highest BCUT2D eigenvalue weighted by Crippen LogP contribution is 2.27. The van der Waals surface area contributed by atoms with Gasteiger partial charge in [-0.3, -0.25) is 9.59 Å². The van der Waals surface area contributed by atoms with Gasteiger partial charge in [0.1, 0.15) is 23.7 Å². The van der Waals surface area contributed by atoms with Crippen molar-refractivity contribution in [1.29, 1.82) is 0 Å². The lowest BCUT2D eigenvalue weighted by Gasteiger charge is -2.42. The van der Waals surface area contributed by atoms with Crippen LogP contribution in [0.3, 0.4) is 0 Å². The number of amides is 2. The summed E-state index contributed by atoms with van der Waals surface area (Å²) < 4.78 is 18.0. The molecule has 7 nitrogen and oxygen atoms in total. The molecule has 0 radical (unpaired) electrons. The van der Waals surface area contributed by atoms with E-state index >= 15 is 0 Å². The number of hydrogen-bond acceptors (Lipinski definition) is 5. The quantitative estimate of drug-likeness (QED) is 0.374. The summed E-state index contributed by atoms with van der Waals surface area (Å²) >= 11 is 6.17. The number of nitrogens with zero attached hydrogens (tertiary/aromatic N) is 2. The smallest absolute Gasteiger partial charge is 0.260 e. The molecule has 0 N–H and O–H groups in total. The summed E-state index contributed by atoms with van der Waals surface area (Å²) in [4.78, 5) is 29.8. The summed E-state index contributed by atoms with van der Waals surface area (Å²) in [7, 11) is 1.77. The Morgan fingerprint density at radius 3 is 2.42 bits per heavy atom.